The van der Waals surface area contributed by atoms with Crippen LogP contribution in [0.15, 0.2) is 30.5 Å². The van der Waals surface area contributed by atoms with Crippen molar-refractivity contribution in [1.29, 1.82) is 5.41 Å². The Morgan fingerprint density at radius 2 is 2.14 bits per heavy atom. The molecule has 0 fully saturated rings. The third kappa shape index (κ3) is 3.49. The summed E-state index contributed by atoms with van der Waals surface area (Å²) in [7, 11) is 0. The number of aromatic nitrogens is 2. The summed E-state index contributed by atoms with van der Waals surface area (Å²) >= 11 is 6.33. The number of halogens is 1. The van der Waals surface area contributed by atoms with E-state index < -0.39 is 0 Å². The van der Waals surface area contributed by atoms with Gasteiger partial charge in [-0.15, -0.1) is 0 Å². The molecule has 0 bridgehead atoms. The van der Waals surface area contributed by atoms with Crippen molar-refractivity contribution in [2.45, 2.75) is 20.4 Å². The number of nitrogens with zero attached hydrogens (tertiary/aromatic N) is 3. The quantitative estimate of drug-likeness (QED) is 0.657. The van der Waals surface area contributed by atoms with Gasteiger partial charge in [0.2, 0.25) is 0 Å². The number of hydrogen-bond donors (Lipinski definition) is 2. The van der Waals surface area contributed by atoms with Crippen LogP contribution in [0.2, 0.25) is 5.02 Å². The van der Waals surface area contributed by atoms with Crippen LogP contribution in [-0.4, -0.2) is 22.3 Å². The zero-order chi connectivity index (χ0) is 15.4. The molecule has 21 heavy (non-hydrogen) atoms. The predicted molar refractivity (Wildman–Crippen MR) is 86.0 cm³/mol. The van der Waals surface area contributed by atoms with E-state index in [9.17, 15) is 0 Å². The maximum atomic E-state index is 7.55. The maximum Gasteiger partial charge on any atom is 0.148 e. The van der Waals surface area contributed by atoms with Crippen molar-refractivity contribution in [3.05, 3.63) is 52.4 Å². The molecule has 0 saturated carbocycles. The Morgan fingerprint density at radius 1 is 1.38 bits per heavy atom. The summed E-state index contributed by atoms with van der Waals surface area (Å²) in [4.78, 5) is 10.8. The molecule has 6 heteroatoms. The van der Waals surface area contributed by atoms with Gasteiger partial charge in [-0.05, 0) is 32.0 Å². The Hall–Kier alpha value is -2.14. The van der Waals surface area contributed by atoms with E-state index in [1.165, 1.54) is 0 Å². The average Bonchev–Trinajstić information content (AvgIpc) is 2.45. The van der Waals surface area contributed by atoms with E-state index in [-0.39, 0.29) is 5.84 Å². The third-order valence-electron chi connectivity index (χ3n) is 3.14. The Bertz CT molecular complexity index is 656. The molecule has 2 rings (SSSR count). The summed E-state index contributed by atoms with van der Waals surface area (Å²) in [5, 5.41) is 7.96. The summed E-state index contributed by atoms with van der Waals surface area (Å²) in [5.74, 6) is 0.559. The molecule has 0 atom stereocenters. The molecule has 0 spiro atoms. The van der Waals surface area contributed by atoms with Crippen LogP contribution in [-0.2, 0) is 6.54 Å². The number of amidine groups is 1. The average molecular weight is 304 g/mol. The molecule has 110 valence electrons. The second kappa shape index (κ2) is 6.54. The molecule has 2 heterocycles. The fraction of sp³-hybridized carbons (Fsp3) is 0.267. The van der Waals surface area contributed by atoms with Gasteiger partial charge < -0.3 is 10.6 Å². The number of nitrogens with one attached hydrogen (secondary N) is 1. The monoisotopic (exact) mass is 303 g/mol. The lowest BCUT2D eigenvalue weighted by Crippen LogP contribution is -2.25. The highest BCUT2D eigenvalue weighted by Gasteiger charge is 2.15. The van der Waals surface area contributed by atoms with E-state index in [4.69, 9.17) is 22.7 Å². The van der Waals surface area contributed by atoms with Crippen molar-refractivity contribution in [3.63, 3.8) is 0 Å². The predicted octanol–water partition coefficient (Wildman–Crippen LogP) is 2.75. The summed E-state index contributed by atoms with van der Waals surface area (Å²) < 4.78 is 0. The molecule has 2 aromatic heterocycles. The molecule has 0 radical (unpaired) electrons. The first kappa shape index (κ1) is 15.3. The summed E-state index contributed by atoms with van der Waals surface area (Å²) in [5.41, 5.74) is 7.95. The number of hydrogen-bond acceptors (Lipinski definition) is 4. The highest BCUT2D eigenvalue weighted by Crippen LogP contribution is 2.27. The fourth-order valence-electron chi connectivity index (χ4n) is 2.08. The number of pyridine rings is 2. The van der Waals surface area contributed by atoms with Crippen LogP contribution < -0.4 is 10.6 Å². The van der Waals surface area contributed by atoms with E-state index in [1.54, 1.807) is 12.3 Å². The SMILES string of the molecule is CCN(Cc1cccc(C)n1)c1nccc(C(=N)N)c1Cl. The van der Waals surface area contributed by atoms with Crippen LogP contribution >= 0.6 is 11.6 Å². The molecule has 0 aromatic carbocycles. The third-order valence-corrected chi connectivity index (χ3v) is 3.51. The summed E-state index contributed by atoms with van der Waals surface area (Å²) in [6.45, 7) is 5.31. The number of nitrogens with two attached hydrogens (primary N) is 1. The van der Waals surface area contributed by atoms with Crippen molar-refractivity contribution < 1.29 is 0 Å². The Morgan fingerprint density at radius 3 is 2.76 bits per heavy atom. The summed E-state index contributed by atoms with van der Waals surface area (Å²) in [6, 6.07) is 7.55. The molecule has 0 aliphatic rings. The lowest BCUT2D eigenvalue weighted by molar-refractivity contribution is 0.790. The van der Waals surface area contributed by atoms with Crippen LogP contribution in [0.3, 0.4) is 0 Å². The number of nitrogen functional groups attached to an aromatic ring is 1. The fourth-order valence-corrected chi connectivity index (χ4v) is 2.41. The van der Waals surface area contributed by atoms with Gasteiger partial charge in [-0.1, -0.05) is 17.7 Å². The number of rotatable bonds is 5. The van der Waals surface area contributed by atoms with Crippen molar-refractivity contribution in [2.24, 2.45) is 5.73 Å². The topological polar surface area (TPSA) is 78.9 Å². The standard InChI is InChI=1S/C15H18ClN5/c1-3-21(9-11-6-4-5-10(2)20-11)15-13(16)12(14(17)18)7-8-19-15/h4-8H,3,9H2,1-2H3,(H3,17,18). The Labute approximate surface area is 129 Å². The van der Waals surface area contributed by atoms with Gasteiger partial charge in [0.05, 0.1) is 17.3 Å². The van der Waals surface area contributed by atoms with Crippen LogP contribution in [0.4, 0.5) is 5.82 Å². The first-order valence-corrected chi connectivity index (χ1v) is 7.07. The smallest absolute Gasteiger partial charge is 0.148 e. The minimum atomic E-state index is -0.0617. The van der Waals surface area contributed by atoms with Gasteiger partial charge in [0, 0.05) is 24.0 Å². The van der Waals surface area contributed by atoms with E-state index in [1.807, 2.05) is 36.9 Å². The zero-order valence-electron chi connectivity index (χ0n) is 12.1. The van der Waals surface area contributed by atoms with Crippen molar-refractivity contribution in [1.82, 2.24) is 9.97 Å². The second-order valence-corrected chi connectivity index (χ2v) is 5.07. The molecule has 0 amide bonds. The highest BCUT2D eigenvalue weighted by atomic mass is 35.5. The van der Waals surface area contributed by atoms with Gasteiger partial charge in [-0.3, -0.25) is 10.4 Å². The lowest BCUT2D eigenvalue weighted by Gasteiger charge is -2.23. The molecule has 0 saturated heterocycles. The Balaban J connectivity index is 2.34. The molecule has 2 aromatic rings. The van der Waals surface area contributed by atoms with Crippen molar-refractivity contribution >= 4 is 23.3 Å². The Kier molecular flexibility index (Phi) is 4.75. The molecule has 0 unspecified atom stereocenters. The van der Waals surface area contributed by atoms with Crippen LogP contribution in [0.1, 0.15) is 23.9 Å². The maximum absolute atomic E-state index is 7.55. The van der Waals surface area contributed by atoms with E-state index >= 15 is 0 Å². The van der Waals surface area contributed by atoms with Gasteiger partial charge in [-0.2, -0.15) is 0 Å². The van der Waals surface area contributed by atoms with Gasteiger partial charge in [0.15, 0.2) is 0 Å². The molecule has 0 aliphatic carbocycles. The first-order valence-electron chi connectivity index (χ1n) is 6.69. The summed E-state index contributed by atoms with van der Waals surface area (Å²) in [6.07, 6.45) is 1.62. The lowest BCUT2D eigenvalue weighted by atomic mass is 10.2. The molecule has 0 aliphatic heterocycles. The normalized spacial score (nSPS) is 10.4. The molecule has 5 nitrogen and oxygen atoms in total. The highest BCUT2D eigenvalue weighted by molar-refractivity contribution is 6.36. The van der Waals surface area contributed by atoms with Crippen LogP contribution in [0.5, 0.6) is 0 Å². The molecule has 3 N–H and O–H groups in total. The zero-order valence-corrected chi connectivity index (χ0v) is 12.9. The number of anilines is 1. The minimum Gasteiger partial charge on any atom is -0.384 e. The van der Waals surface area contributed by atoms with E-state index in [2.05, 4.69) is 9.97 Å². The van der Waals surface area contributed by atoms with Gasteiger partial charge in [-0.25, -0.2) is 4.98 Å². The first-order chi connectivity index (χ1) is 10.0. The minimum absolute atomic E-state index is 0.0617. The van der Waals surface area contributed by atoms with Crippen LogP contribution in [0.25, 0.3) is 0 Å². The van der Waals surface area contributed by atoms with Crippen molar-refractivity contribution in [2.75, 3.05) is 11.4 Å². The number of aryl methyl sites for hydroxylation is 1. The molecular formula is C15H18ClN5. The van der Waals surface area contributed by atoms with Gasteiger partial charge in [0.1, 0.15) is 11.7 Å². The van der Waals surface area contributed by atoms with E-state index in [0.717, 1.165) is 17.9 Å². The largest absolute Gasteiger partial charge is 0.384 e. The van der Waals surface area contributed by atoms with E-state index in [0.29, 0.717) is 22.9 Å². The van der Waals surface area contributed by atoms with Crippen LogP contribution in [0, 0.1) is 12.3 Å². The second-order valence-electron chi connectivity index (χ2n) is 4.69. The van der Waals surface area contributed by atoms with Gasteiger partial charge >= 0.3 is 0 Å². The molecular weight excluding hydrogens is 286 g/mol. The van der Waals surface area contributed by atoms with Crippen molar-refractivity contribution in [3.8, 4) is 0 Å². The van der Waals surface area contributed by atoms with Gasteiger partial charge in [0.25, 0.3) is 0 Å².